The molecular weight excluding hydrogens is 218 g/mol. The molecule has 1 fully saturated rings. The summed E-state index contributed by atoms with van der Waals surface area (Å²) >= 11 is 0. The molecule has 0 bridgehead atoms. The van der Waals surface area contributed by atoms with E-state index in [0.29, 0.717) is 5.56 Å². The van der Waals surface area contributed by atoms with E-state index in [1.165, 1.54) is 6.07 Å². The summed E-state index contributed by atoms with van der Waals surface area (Å²) in [6.45, 7) is 1.74. The molecule has 17 heavy (non-hydrogen) atoms. The number of phenolic OH excluding ortho intramolecular Hbond substituents is 1. The fraction of sp³-hybridized carbons (Fsp3) is 0.462. The van der Waals surface area contributed by atoms with Gasteiger partial charge in [0.15, 0.2) is 0 Å². The van der Waals surface area contributed by atoms with Crippen LogP contribution in [0.5, 0.6) is 5.75 Å². The molecule has 0 saturated heterocycles. The zero-order valence-corrected chi connectivity index (χ0v) is 9.86. The van der Waals surface area contributed by atoms with Crippen molar-refractivity contribution in [1.29, 1.82) is 0 Å². The minimum absolute atomic E-state index is 0.0312. The van der Waals surface area contributed by atoms with Gasteiger partial charge in [-0.1, -0.05) is 6.07 Å². The van der Waals surface area contributed by atoms with Crippen LogP contribution in [0.1, 0.15) is 35.2 Å². The number of rotatable bonds is 3. The van der Waals surface area contributed by atoms with Crippen molar-refractivity contribution in [3.63, 3.8) is 0 Å². The first kappa shape index (κ1) is 11.9. The van der Waals surface area contributed by atoms with Gasteiger partial charge in [0.2, 0.25) is 0 Å². The fourth-order valence-corrected chi connectivity index (χ4v) is 1.99. The first-order chi connectivity index (χ1) is 8.06. The number of carbonyl (C=O) groups is 1. The van der Waals surface area contributed by atoms with Gasteiger partial charge in [0.1, 0.15) is 5.75 Å². The van der Waals surface area contributed by atoms with Crippen molar-refractivity contribution in [2.24, 2.45) is 0 Å². The number of nitrogens with one attached hydrogen (secondary N) is 1. The zero-order chi connectivity index (χ0) is 12.5. The van der Waals surface area contributed by atoms with Crippen LogP contribution in [0.25, 0.3) is 0 Å². The Hall–Kier alpha value is -1.55. The molecule has 0 aromatic heterocycles. The highest BCUT2D eigenvalue weighted by Crippen LogP contribution is 2.31. The number of hydrogen-bond donors (Lipinski definition) is 3. The van der Waals surface area contributed by atoms with Crippen LogP contribution in [0, 0.1) is 6.92 Å². The fourth-order valence-electron chi connectivity index (χ4n) is 1.99. The Kier molecular flexibility index (Phi) is 3.07. The van der Waals surface area contributed by atoms with Crippen LogP contribution < -0.4 is 5.32 Å². The molecule has 2 rings (SSSR count). The van der Waals surface area contributed by atoms with Crippen molar-refractivity contribution in [1.82, 2.24) is 5.32 Å². The Morgan fingerprint density at radius 1 is 1.47 bits per heavy atom. The standard InChI is InChI=1S/C13H17NO3/c1-9-3-4-10(7-11(9)16)12(17)14-13(8-15)5-2-6-13/h3-4,7,15-16H,2,5-6,8H2,1H3,(H,14,17). The summed E-state index contributed by atoms with van der Waals surface area (Å²) in [4.78, 5) is 11.9. The van der Waals surface area contributed by atoms with Gasteiger partial charge in [0.05, 0.1) is 12.1 Å². The maximum Gasteiger partial charge on any atom is 0.251 e. The van der Waals surface area contributed by atoms with Crippen LogP contribution >= 0.6 is 0 Å². The number of aliphatic hydroxyl groups is 1. The molecule has 92 valence electrons. The third kappa shape index (κ3) is 2.26. The molecule has 0 atom stereocenters. The Morgan fingerprint density at radius 2 is 2.18 bits per heavy atom. The number of hydrogen-bond acceptors (Lipinski definition) is 3. The van der Waals surface area contributed by atoms with Crippen molar-refractivity contribution < 1.29 is 15.0 Å². The molecule has 1 amide bonds. The molecule has 1 aliphatic rings. The molecule has 4 nitrogen and oxygen atoms in total. The van der Waals surface area contributed by atoms with Gasteiger partial charge < -0.3 is 15.5 Å². The van der Waals surface area contributed by atoms with E-state index in [1.54, 1.807) is 19.1 Å². The van der Waals surface area contributed by atoms with Crippen LogP contribution in [0.15, 0.2) is 18.2 Å². The highest BCUT2D eigenvalue weighted by molar-refractivity contribution is 5.95. The largest absolute Gasteiger partial charge is 0.508 e. The van der Waals surface area contributed by atoms with Crippen LogP contribution in [-0.2, 0) is 0 Å². The smallest absolute Gasteiger partial charge is 0.251 e. The SMILES string of the molecule is Cc1ccc(C(=O)NC2(CO)CCC2)cc1O. The predicted molar refractivity (Wildman–Crippen MR) is 64.0 cm³/mol. The Morgan fingerprint density at radius 3 is 2.65 bits per heavy atom. The Bertz CT molecular complexity index is 433. The monoisotopic (exact) mass is 235 g/mol. The van der Waals surface area contributed by atoms with Crippen LogP contribution in [0.4, 0.5) is 0 Å². The van der Waals surface area contributed by atoms with E-state index in [1.807, 2.05) is 0 Å². The molecule has 1 aromatic rings. The van der Waals surface area contributed by atoms with Gasteiger partial charge in [-0.15, -0.1) is 0 Å². The Balaban J connectivity index is 2.11. The minimum atomic E-state index is -0.447. The lowest BCUT2D eigenvalue weighted by atomic mass is 9.77. The van der Waals surface area contributed by atoms with E-state index >= 15 is 0 Å². The summed E-state index contributed by atoms with van der Waals surface area (Å²) in [6.07, 6.45) is 2.65. The molecule has 0 radical (unpaired) electrons. The first-order valence-electron chi connectivity index (χ1n) is 5.79. The average Bonchev–Trinajstić information content (AvgIpc) is 2.27. The van der Waals surface area contributed by atoms with Crippen molar-refractivity contribution >= 4 is 5.91 Å². The number of aliphatic hydroxyl groups excluding tert-OH is 1. The molecule has 1 saturated carbocycles. The number of aryl methyl sites for hydroxylation is 1. The number of aromatic hydroxyl groups is 1. The molecule has 0 heterocycles. The lowest BCUT2D eigenvalue weighted by Gasteiger charge is -2.40. The van der Waals surface area contributed by atoms with Crippen molar-refractivity contribution in [3.8, 4) is 5.75 Å². The van der Waals surface area contributed by atoms with Gasteiger partial charge in [0, 0.05) is 5.56 Å². The summed E-state index contributed by atoms with van der Waals surface area (Å²) in [6, 6.07) is 4.83. The van der Waals surface area contributed by atoms with Crippen LogP contribution in [-0.4, -0.2) is 28.3 Å². The number of amides is 1. The van der Waals surface area contributed by atoms with Crippen molar-refractivity contribution in [2.45, 2.75) is 31.7 Å². The highest BCUT2D eigenvalue weighted by Gasteiger charge is 2.37. The number of phenols is 1. The lowest BCUT2D eigenvalue weighted by molar-refractivity contribution is 0.0641. The molecule has 1 aromatic carbocycles. The summed E-state index contributed by atoms with van der Waals surface area (Å²) in [5.41, 5.74) is 0.715. The van der Waals surface area contributed by atoms with E-state index in [4.69, 9.17) is 0 Å². The van der Waals surface area contributed by atoms with Crippen LogP contribution in [0.3, 0.4) is 0 Å². The number of benzene rings is 1. The van der Waals surface area contributed by atoms with Crippen molar-refractivity contribution in [2.75, 3.05) is 6.61 Å². The normalized spacial score (nSPS) is 17.3. The molecule has 1 aliphatic carbocycles. The third-order valence-corrected chi connectivity index (χ3v) is 3.46. The molecule has 0 spiro atoms. The molecule has 0 unspecified atom stereocenters. The zero-order valence-electron chi connectivity index (χ0n) is 9.86. The van der Waals surface area contributed by atoms with Gasteiger partial charge in [-0.2, -0.15) is 0 Å². The second kappa shape index (κ2) is 4.37. The van der Waals surface area contributed by atoms with Gasteiger partial charge in [-0.05, 0) is 43.9 Å². The summed E-state index contributed by atoms with van der Waals surface area (Å²) in [5.74, 6) is -0.127. The molecular formula is C13H17NO3. The second-order valence-corrected chi connectivity index (χ2v) is 4.75. The minimum Gasteiger partial charge on any atom is -0.508 e. The van der Waals surface area contributed by atoms with Gasteiger partial charge in [-0.3, -0.25) is 4.79 Å². The highest BCUT2D eigenvalue weighted by atomic mass is 16.3. The summed E-state index contributed by atoms with van der Waals surface area (Å²) < 4.78 is 0. The molecule has 4 heteroatoms. The second-order valence-electron chi connectivity index (χ2n) is 4.75. The van der Waals surface area contributed by atoms with Crippen molar-refractivity contribution in [3.05, 3.63) is 29.3 Å². The van der Waals surface area contributed by atoms with E-state index < -0.39 is 5.54 Å². The quantitative estimate of drug-likeness (QED) is 0.740. The topological polar surface area (TPSA) is 69.6 Å². The van der Waals surface area contributed by atoms with E-state index in [9.17, 15) is 15.0 Å². The molecule has 3 N–H and O–H groups in total. The summed E-state index contributed by atoms with van der Waals surface area (Å²) in [7, 11) is 0. The van der Waals surface area contributed by atoms with Gasteiger partial charge >= 0.3 is 0 Å². The third-order valence-electron chi connectivity index (χ3n) is 3.46. The molecule has 0 aliphatic heterocycles. The maximum absolute atomic E-state index is 11.9. The van der Waals surface area contributed by atoms with Crippen LogP contribution in [0.2, 0.25) is 0 Å². The van der Waals surface area contributed by atoms with E-state index in [2.05, 4.69) is 5.32 Å². The maximum atomic E-state index is 11.9. The lowest BCUT2D eigenvalue weighted by Crippen LogP contribution is -2.56. The average molecular weight is 235 g/mol. The number of carbonyl (C=O) groups excluding carboxylic acids is 1. The van der Waals surface area contributed by atoms with Gasteiger partial charge in [-0.25, -0.2) is 0 Å². The first-order valence-corrected chi connectivity index (χ1v) is 5.79. The Labute approximate surface area is 100 Å². The van der Waals surface area contributed by atoms with E-state index in [0.717, 1.165) is 24.8 Å². The summed E-state index contributed by atoms with van der Waals surface area (Å²) in [5, 5.41) is 21.7. The van der Waals surface area contributed by atoms with E-state index in [-0.39, 0.29) is 18.3 Å². The predicted octanol–water partition coefficient (Wildman–Crippen LogP) is 1.35. The van der Waals surface area contributed by atoms with Gasteiger partial charge in [0.25, 0.3) is 5.91 Å².